The van der Waals surface area contributed by atoms with Crippen molar-refractivity contribution in [3.63, 3.8) is 0 Å². The van der Waals surface area contributed by atoms with Crippen molar-refractivity contribution in [2.24, 2.45) is 5.92 Å². The second kappa shape index (κ2) is 9.92. The highest BCUT2D eigenvalue weighted by Gasteiger charge is 2.72. The van der Waals surface area contributed by atoms with Gasteiger partial charge in [0, 0.05) is 20.1 Å². The average molecular weight is 468 g/mol. The first kappa shape index (κ1) is 26.0. The fraction of sp³-hybridized carbons (Fsp3) is 0.840. The summed E-state index contributed by atoms with van der Waals surface area (Å²) in [4.78, 5) is 24.3. The maximum absolute atomic E-state index is 12.5. The topological polar surface area (TPSA) is 98.9 Å². The normalized spacial score (nSPS) is 35.0. The van der Waals surface area contributed by atoms with Crippen LogP contribution in [0.2, 0.25) is 0 Å². The summed E-state index contributed by atoms with van der Waals surface area (Å²) in [5.41, 5.74) is 0.122. The van der Waals surface area contributed by atoms with E-state index in [-0.39, 0.29) is 47.8 Å². The molecule has 3 rings (SSSR count). The Morgan fingerprint density at radius 2 is 1.94 bits per heavy atom. The Bertz CT molecular complexity index is 750. The summed E-state index contributed by atoms with van der Waals surface area (Å²) in [6.07, 6.45) is 4.27. The fourth-order valence-corrected chi connectivity index (χ4v) is 5.04. The van der Waals surface area contributed by atoms with Crippen LogP contribution in [-0.2, 0) is 28.5 Å². The van der Waals surface area contributed by atoms with Crippen LogP contribution in [0.15, 0.2) is 11.6 Å². The Labute approximate surface area is 197 Å². The van der Waals surface area contributed by atoms with Gasteiger partial charge >= 0.3 is 12.1 Å². The van der Waals surface area contributed by atoms with Crippen molar-refractivity contribution >= 4 is 12.1 Å². The van der Waals surface area contributed by atoms with Gasteiger partial charge in [-0.15, -0.1) is 0 Å². The van der Waals surface area contributed by atoms with Crippen LogP contribution in [0.25, 0.3) is 0 Å². The third-order valence-corrected chi connectivity index (χ3v) is 6.75. The third kappa shape index (κ3) is 6.49. The van der Waals surface area contributed by atoms with Gasteiger partial charge in [0.2, 0.25) is 0 Å². The van der Waals surface area contributed by atoms with Crippen molar-refractivity contribution < 1.29 is 33.3 Å². The number of hydrogen-bond donors (Lipinski definition) is 1. The summed E-state index contributed by atoms with van der Waals surface area (Å²) >= 11 is 0. The van der Waals surface area contributed by atoms with Gasteiger partial charge in [-0.3, -0.25) is 4.79 Å². The van der Waals surface area contributed by atoms with Gasteiger partial charge in [0.05, 0.1) is 18.6 Å². The van der Waals surface area contributed by atoms with Gasteiger partial charge in [-0.05, 0) is 67.2 Å². The number of rotatable bonds is 9. The first-order valence-electron chi connectivity index (χ1n) is 12.0. The average Bonchev–Trinajstić information content (AvgIpc) is 3.61. The van der Waals surface area contributed by atoms with E-state index >= 15 is 0 Å². The van der Waals surface area contributed by atoms with Crippen molar-refractivity contribution in [2.45, 2.75) is 109 Å². The van der Waals surface area contributed by atoms with Crippen molar-refractivity contribution in [2.75, 3.05) is 20.3 Å². The van der Waals surface area contributed by atoms with E-state index in [0.29, 0.717) is 26.0 Å². The van der Waals surface area contributed by atoms with Crippen molar-refractivity contribution in [3.05, 3.63) is 11.6 Å². The lowest BCUT2D eigenvalue weighted by molar-refractivity contribution is -0.172. The van der Waals surface area contributed by atoms with Crippen LogP contribution in [-0.4, -0.2) is 67.4 Å². The number of allylic oxidation sites excluding steroid dienone is 1. The molecule has 8 heteroatoms. The summed E-state index contributed by atoms with van der Waals surface area (Å²) in [7, 11) is 1.67. The number of hydrogen-bond acceptors (Lipinski definition) is 7. The highest BCUT2D eigenvalue weighted by atomic mass is 16.6. The van der Waals surface area contributed by atoms with Crippen molar-refractivity contribution in [1.82, 2.24) is 5.32 Å². The lowest BCUT2D eigenvalue weighted by Crippen LogP contribution is -2.55. The van der Waals surface area contributed by atoms with Crippen LogP contribution in [0, 0.1) is 5.92 Å². The maximum atomic E-state index is 12.5. The second-order valence-electron chi connectivity index (χ2n) is 10.9. The molecule has 1 unspecified atom stereocenters. The lowest BCUT2D eigenvalue weighted by atomic mass is 9.68. The molecule has 0 radical (unpaired) electrons. The van der Waals surface area contributed by atoms with Crippen LogP contribution < -0.4 is 5.32 Å². The molecule has 33 heavy (non-hydrogen) atoms. The Kier molecular flexibility index (Phi) is 7.81. The molecule has 1 amide bonds. The quantitative estimate of drug-likeness (QED) is 0.238. The molecular weight excluding hydrogens is 426 g/mol. The Hall–Kier alpha value is -1.64. The highest BCUT2D eigenvalue weighted by molar-refractivity contribution is 5.70. The number of methoxy groups -OCH3 is 1. The predicted octanol–water partition coefficient (Wildman–Crippen LogP) is 3.91. The number of amides is 1. The van der Waals surface area contributed by atoms with Gasteiger partial charge in [-0.25, -0.2) is 4.79 Å². The molecule has 0 aromatic heterocycles. The molecule has 2 heterocycles. The monoisotopic (exact) mass is 467 g/mol. The van der Waals surface area contributed by atoms with Gasteiger partial charge in [0.25, 0.3) is 0 Å². The van der Waals surface area contributed by atoms with Crippen molar-refractivity contribution in [3.8, 4) is 0 Å². The molecule has 188 valence electrons. The lowest BCUT2D eigenvalue weighted by Gasteiger charge is -2.42. The number of nitrogens with one attached hydrogen (secondary N) is 1. The number of carbonyl (C=O) groups is 2. The first-order chi connectivity index (χ1) is 15.4. The van der Waals surface area contributed by atoms with Crippen LogP contribution in [0.4, 0.5) is 4.79 Å². The molecular formula is C25H41NO7. The zero-order valence-electron chi connectivity index (χ0n) is 21.2. The molecule has 2 aliphatic heterocycles. The molecule has 0 bridgehead atoms. The summed E-state index contributed by atoms with van der Waals surface area (Å²) < 4.78 is 29.1. The van der Waals surface area contributed by atoms with Crippen molar-refractivity contribution in [1.29, 1.82) is 0 Å². The Morgan fingerprint density at radius 3 is 2.52 bits per heavy atom. The molecule has 0 aromatic rings. The SMILES string of the molecule is CO[C@@H]1[C@H](OC(=O)CCCNC(=O)OC(C)(C)C)CC[C@]2(CO2)[C@H]1[C@@]1(C)OC1CC=C(C)C. The predicted molar refractivity (Wildman–Crippen MR) is 123 cm³/mol. The number of carbonyl (C=O) groups excluding carboxylic acids is 2. The van der Waals surface area contributed by atoms with Crippen LogP contribution >= 0.6 is 0 Å². The van der Waals surface area contributed by atoms with Gasteiger partial charge in [-0.2, -0.15) is 0 Å². The van der Waals surface area contributed by atoms with E-state index in [1.807, 2.05) is 0 Å². The van der Waals surface area contributed by atoms with Crippen LogP contribution in [0.3, 0.4) is 0 Å². The molecule has 3 fully saturated rings. The minimum Gasteiger partial charge on any atom is -0.460 e. The zero-order valence-corrected chi connectivity index (χ0v) is 21.2. The minimum absolute atomic E-state index is 0.00551. The fourth-order valence-electron chi connectivity index (χ4n) is 5.04. The van der Waals surface area contributed by atoms with E-state index in [0.717, 1.165) is 12.8 Å². The Balaban J connectivity index is 1.52. The molecule has 1 N–H and O–H groups in total. The minimum atomic E-state index is -0.551. The molecule has 1 aliphatic carbocycles. The highest BCUT2D eigenvalue weighted by Crippen LogP contribution is 2.59. The van der Waals surface area contributed by atoms with E-state index in [9.17, 15) is 9.59 Å². The first-order valence-corrected chi connectivity index (χ1v) is 12.0. The molecule has 0 aromatic carbocycles. The van der Waals surface area contributed by atoms with E-state index in [1.54, 1.807) is 27.9 Å². The van der Waals surface area contributed by atoms with Crippen LogP contribution in [0.5, 0.6) is 0 Å². The third-order valence-electron chi connectivity index (χ3n) is 6.75. The molecule has 3 aliphatic rings. The molecule has 1 spiro atoms. The molecule has 2 saturated heterocycles. The second-order valence-corrected chi connectivity index (χ2v) is 10.9. The summed E-state index contributed by atoms with van der Waals surface area (Å²) in [5.74, 6) is -0.284. The maximum Gasteiger partial charge on any atom is 0.407 e. The zero-order chi connectivity index (χ0) is 24.4. The Morgan fingerprint density at radius 1 is 1.24 bits per heavy atom. The summed E-state index contributed by atoms with van der Waals surface area (Å²) in [6.45, 7) is 12.8. The molecule has 6 atom stereocenters. The number of esters is 1. The van der Waals surface area contributed by atoms with Gasteiger partial charge < -0.3 is 29.0 Å². The smallest absolute Gasteiger partial charge is 0.407 e. The van der Waals surface area contributed by atoms with Crippen LogP contribution in [0.1, 0.15) is 73.6 Å². The van der Waals surface area contributed by atoms with Gasteiger partial charge in [0.15, 0.2) is 0 Å². The largest absolute Gasteiger partial charge is 0.460 e. The number of epoxide rings is 2. The van der Waals surface area contributed by atoms with E-state index in [1.165, 1.54) is 5.57 Å². The van der Waals surface area contributed by atoms with E-state index in [2.05, 4.69) is 32.2 Å². The standard InChI is InChI=1S/C25H41NO7/c1-16(2)10-11-18-24(6,32-18)21-20(29-7)17(12-13-25(21)15-30-25)31-19(27)9-8-14-26-22(28)33-23(3,4)5/h10,17-18,20-21H,8-9,11-15H2,1-7H3,(H,26,28)/t17-,18?,20-,21-,24+,25+/m1/s1. The van der Waals surface area contributed by atoms with E-state index in [4.69, 9.17) is 23.7 Å². The molecule has 1 saturated carbocycles. The van der Waals surface area contributed by atoms with Gasteiger partial charge in [-0.1, -0.05) is 11.6 Å². The van der Waals surface area contributed by atoms with E-state index < -0.39 is 11.7 Å². The summed E-state index contributed by atoms with van der Waals surface area (Å²) in [5, 5.41) is 2.67. The number of ether oxygens (including phenoxy) is 5. The number of alkyl carbamates (subject to hydrolysis) is 1. The van der Waals surface area contributed by atoms with Gasteiger partial charge in [0.1, 0.15) is 29.0 Å². The molecule has 8 nitrogen and oxygen atoms in total. The summed E-state index contributed by atoms with van der Waals surface area (Å²) in [6, 6.07) is 0.